The summed E-state index contributed by atoms with van der Waals surface area (Å²) in [5, 5.41) is 0. The van der Waals surface area contributed by atoms with Crippen molar-refractivity contribution in [2.45, 2.75) is 26.1 Å². The molecule has 1 atom stereocenters. The zero-order valence-corrected chi connectivity index (χ0v) is 20.2. The highest BCUT2D eigenvalue weighted by Crippen LogP contribution is 2.33. The quantitative estimate of drug-likeness (QED) is 0.328. The molecule has 7 nitrogen and oxygen atoms in total. The van der Waals surface area contributed by atoms with Gasteiger partial charge in [-0.2, -0.15) is 0 Å². The molecule has 0 spiro atoms. The Labute approximate surface area is 209 Å². The van der Waals surface area contributed by atoms with Gasteiger partial charge in [0.2, 0.25) is 0 Å². The Bertz CT molecular complexity index is 1610. The van der Waals surface area contributed by atoms with Crippen molar-refractivity contribution in [1.82, 2.24) is 28.9 Å². The van der Waals surface area contributed by atoms with Crippen LogP contribution in [0.1, 0.15) is 23.5 Å². The molecule has 0 aromatic carbocycles. The molecule has 0 saturated heterocycles. The fraction of sp³-hybridized carbons (Fsp3) is 0.172. The summed E-state index contributed by atoms with van der Waals surface area (Å²) in [7, 11) is 1.96. The molecule has 6 rings (SSSR count). The smallest absolute Gasteiger partial charge is 0.138 e. The Kier molecular flexibility index (Phi) is 5.75. The van der Waals surface area contributed by atoms with Crippen LogP contribution in [0.15, 0.2) is 91.7 Å². The van der Waals surface area contributed by atoms with E-state index >= 15 is 0 Å². The summed E-state index contributed by atoms with van der Waals surface area (Å²) in [4.78, 5) is 18.7. The number of fused-ring (bicyclic) bond motifs is 1. The summed E-state index contributed by atoms with van der Waals surface area (Å²) >= 11 is 0. The Morgan fingerprint density at radius 2 is 1.97 bits per heavy atom. The van der Waals surface area contributed by atoms with E-state index < -0.39 is 0 Å². The van der Waals surface area contributed by atoms with Crippen molar-refractivity contribution in [3.63, 3.8) is 0 Å². The van der Waals surface area contributed by atoms with Crippen LogP contribution in [0.25, 0.3) is 33.9 Å². The molecule has 1 unspecified atom stereocenters. The van der Waals surface area contributed by atoms with Crippen LogP contribution in [0.4, 0.5) is 0 Å². The van der Waals surface area contributed by atoms with Crippen molar-refractivity contribution < 1.29 is 4.74 Å². The van der Waals surface area contributed by atoms with Crippen molar-refractivity contribution in [1.29, 1.82) is 0 Å². The summed E-state index contributed by atoms with van der Waals surface area (Å²) < 4.78 is 10.1. The lowest BCUT2D eigenvalue weighted by atomic mass is 9.99. The zero-order valence-electron chi connectivity index (χ0n) is 20.2. The SMILES string of the molecule is Cc1cccc(-c2nc3ccccn3c2-c2ccnc(C3=CCC(OCc4cn(C)cn4)C=C3)c2)n1. The van der Waals surface area contributed by atoms with Crippen LogP contribution in [0.3, 0.4) is 0 Å². The van der Waals surface area contributed by atoms with E-state index in [0.29, 0.717) is 6.61 Å². The van der Waals surface area contributed by atoms with Crippen LogP contribution in [0.5, 0.6) is 0 Å². The number of pyridine rings is 3. The highest BCUT2D eigenvalue weighted by Gasteiger charge is 2.18. The van der Waals surface area contributed by atoms with E-state index in [1.165, 1.54) is 0 Å². The van der Waals surface area contributed by atoms with Gasteiger partial charge in [-0.25, -0.2) is 9.97 Å². The van der Waals surface area contributed by atoms with E-state index in [9.17, 15) is 0 Å². The maximum Gasteiger partial charge on any atom is 0.138 e. The molecule has 0 amide bonds. The maximum atomic E-state index is 6.03. The van der Waals surface area contributed by atoms with Crippen LogP contribution in [0.2, 0.25) is 0 Å². The van der Waals surface area contributed by atoms with Gasteiger partial charge in [0.1, 0.15) is 11.3 Å². The molecule has 178 valence electrons. The third-order valence-corrected chi connectivity index (χ3v) is 6.25. The molecular weight excluding hydrogens is 448 g/mol. The van der Waals surface area contributed by atoms with E-state index in [2.05, 4.69) is 38.7 Å². The predicted molar refractivity (Wildman–Crippen MR) is 140 cm³/mol. The van der Waals surface area contributed by atoms with Gasteiger partial charge in [0, 0.05) is 36.9 Å². The monoisotopic (exact) mass is 474 g/mol. The lowest BCUT2D eigenvalue weighted by Gasteiger charge is -2.17. The van der Waals surface area contributed by atoms with Crippen LogP contribution in [-0.2, 0) is 18.4 Å². The molecule has 7 heteroatoms. The second-order valence-corrected chi connectivity index (χ2v) is 8.97. The predicted octanol–water partition coefficient (Wildman–Crippen LogP) is 5.43. The lowest BCUT2D eigenvalue weighted by molar-refractivity contribution is 0.0715. The summed E-state index contributed by atoms with van der Waals surface area (Å²) in [6, 6.07) is 16.2. The fourth-order valence-corrected chi connectivity index (χ4v) is 4.51. The summed E-state index contributed by atoms with van der Waals surface area (Å²) in [5.41, 5.74) is 8.54. The van der Waals surface area contributed by atoms with Crippen LogP contribution in [-0.4, -0.2) is 35.0 Å². The molecule has 0 saturated carbocycles. The number of nitrogens with zero attached hydrogens (tertiary/aromatic N) is 6. The van der Waals surface area contributed by atoms with Gasteiger partial charge in [-0.05, 0) is 55.3 Å². The largest absolute Gasteiger partial charge is 0.367 e. The van der Waals surface area contributed by atoms with Crippen molar-refractivity contribution in [2.24, 2.45) is 7.05 Å². The molecule has 0 N–H and O–H groups in total. The van der Waals surface area contributed by atoms with Gasteiger partial charge in [0.15, 0.2) is 0 Å². The number of ether oxygens (including phenoxy) is 1. The average Bonchev–Trinajstić information content (AvgIpc) is 3.51. The first-order chi connectivity index (χ1) is 17.6. The average molecular weight is 475 g/mol. The topological polar surface area (TPSA) is 70.1 Å². The first-order valence-electron chi connectivity index (χ1n) is 12.0. The zero-order chi connectivity index (χ0) is 24.5. The van der Waals surface area contributed by atoms with Crippen LogP contribution < -0.4 is 0 Å². The number of imidazole rings is 2. The van der Waals surface area contributed by atoms with E-state index in [1.54, 1.807) is 6.33 Å². The van der Waals surface area contributed by atoms with Crippen molar-refractivity contribution in [3.05, 3.63) is 109 Å². The third kappa shape index (κ3) is 4.36. The first-order valence-corrected chi connectivity index (χ1v) is 12.0. The number of rotatable bonds is 6. The highest BCUT2D eigenvalue weighted by molar-refractivity contribution is 5.83. The van der Waals surface area contributed by atoms with Crippen molar-refractivity contribution >= 4 is 11.2 Å². The molecule has 0 radical (unpaired) electrons. The molecule has 1 aliphatic carbocycles. The summed E-state index contributed by atoms with van der Waals surface area (Å²) in [6.07, 6.45) is 14.9. The second kappa shape index (κ2) is 9.36. The molecule has 0 aliphatic heterocycles. The Hall–Kier alpha value is -4.36. The number of aryl methyl sites for hydroxylation is 2. The number of hydrogen-bond acceptors (Lipinski definition) is 5. The molecule has 36 heavy (non-hydrogen) atoms. The maximum absolute atomic E-state index is 6.03. The van der Waals surface area contributed by atoms with E-state index in [0.717, 1.165) is 57.4 Å². The minimum Gasteiger partial charge on any atom is -0.367 e. The van der Waals surface area contributed by atoms with Gasteiger partial charge in [0.05, 0.1) is 41.8 Å². The number of aromatic nitrogens is 6. The second-order valence-electron chi connectivity index (χ2n) is 8.97. The summed E-state index contributed by atoms with van der Waals surface area (Å²) in [6.45, 7) is 2.50. The van der Waals surface area contributed by atoms with E-state index in [1.807, 2.05) is 79.6 Å². The standard InChI is InChI=1S/C29H26N6O/c1-20-6-5-7-25(32-20)28-29(35-15-4-3-8-27(35)33-28)22-13-14-30-26(16-22)21-9-11-24(12-10-21)36-18-23-17-34(2)19-31-23/h3-11,13-17,19,24H,12,18H2,1-2H3. The minimum atomic E-state index is 0.0247. The fourth-order valence-electron chi connectivity index (χ4n) is 4.51. The van der Waals surface area contributed by atoms with E-state index in [-0.39, 0.29) is 6.10 Å². The van der Waals surface area contributed by atoms with Gasteiger partial charge in [0.25, 0.3) is 0 Å². The number of hydrogen-bond donors (Lipinski definition) is 0. The van der Waals surface area contributed by atoms with Crippen LogP contribution in [0, 0.1) is 6.92 Å². The number of allylic oxidation sites excluding steroid dienone is 2. The minimum absolute atomic E-state index is 0.0247. The normalized spacial score (nSPS) is 15.4. The molecule has 0 fully saturated rings. The van der Waals surface area contributed by atoms with Gasteiger partial charge >= 0.3 is 0 Å². The highest BCUT2D eigenvalue weighted by atomic mass is 16.5. The molecule has 0 bridgehead atoms. The molecule has 5 aromatic heterocycles. The van der Waals surface area contributed by atoms with Gasteiger partial charge in [-0.15, -0.1) is 0 Å². The van der Waals surface area contributed by atoms with Gasteiger partial charge < -0.3 is 9.30 Å². The Morgan fingerprint density at radius 3 is 2.78 bits per heavy atom. The summed E-state index contributed by atoms with van der Waals surface area (Å²) in [5.74, 6) is 0. The molecule has 5 heterocycles. The molecular formula is C29H26N6O. The van der Waals surface area contributed by atoms with Crippen LogP contribution >= 0.6 is 0 Å². The van der Waals surface area contributed by atoms with Crippen molar-refractivity contribution in [3.8, 4) is 22.6 Å². The molecule has 5 aromatic rings. The van der Waals surface area contributed by atoms with E-state index in [4.69, 9.17) is 14.7 Å². The lowest BCUT2D eigenvalue weighted by Crippen LogP contribution is -2.11. The van der Waals surface area contributed by atoms with Gasteiger partial charge in [-0.3, -0.25) is 14.4 Å². The first kappa shape index (κ1) is 22.1. The van der Waals surface area contributed by atoms with Gasteiger partial charge in [-0.1, -0.05) is 30.4 Å². The van der Waals surface area contributed by atoms with Crippen molar-refractivity contribution in [2.75, 3.05) is 0 Å². The third-order valence-electron chi connectivity index (χ3n) is 6.25. The molecule has 1 aliphatic rings. The Balaban J connectivity index is 1.30. The Morgan fingerprint density at radius 1 is 1.03 bits per heavy atom.